The molecule has 0 aliphatic carbocycles. The van der Waals surface area contributed by atoms with Gasteiger partial charge in [-0.25, -0.2) is 4.79 Å². The first-order valence-corrected chi connectivity index (χ1v) is 9.32. The summed E-state index contributed by atoms with van der Waals surface area (Å²) >= 11 is 0. The Labute approximate surface area is 160 Å². The van der Waals surface area contributed by atoms with Crippen molar-refractivity contribution in [1.29, 1.82) is 0 Å². The summed E-state index contributed by atoms with van der Waals surface area (Å²) in [6, 6.07) is 10.7. The van der Waals surface area contributed by atoms with E-state index in [0.29, 0.717) is 24.6 Å². The Balaban J connectivity index is 1.45. The van der Waals surface area contributed by atoms with Crippen molar-refractivity contribution in [3.63, 3.8) is 0 Å². The second-order valence-electron chi connectivity index (χ2n) is 7.24. The van der Waals surface area contributed by atoms with Crippen molar-refractivity contribution < 1.29 is 18.7 Å². The quantitative estimate of drug-likeness (QED) is 0.700. The summed E-state index contributed by atoms with van der Waals surface area (Å²) in [4.78, 5) is 13.0. The van der Waals surface area contributed by atoms with E-state index < -0.39 is 5.95 Å². The topological polar surface area (TPSA) is 78.3 Å². The number of nitrogens with one attached hydrogen (secondary N) is 1. The summed E-state index contributed by atoms with van der Waals surface area (Å²) in [7, 11) is 0. The number of morpholine rings is 1. The molecule has 2 aromatic heterocycles. The van der Waals surface area contributed by atoms with Crippen molar-refractivity contribution in [3.8, 4) is 5.82 Å². The highest BCUT2D eigenvalue weighted by Crippen LogP contribution is 2.27. The second kappa shape index (κ2) is 6.96. The number of carbonyl (C=O) groups is 1. The summed E-state index contributed by atoms with van der Waals surface area (Å²) in [6.45, 7) is 1.29. The molecule has 2 bridgehead atoms. The fourth-order valence-electron chi connectivity index (χ4n) is 4.07. The van der Waals surface area contributed by atoms with Crippen LogP contribution in [0.1, 0.15) is 23.2 Å². The highest BCUT2D eigenvalue weighted by molar-refractivity contribution is 6.04. The summed E-state index contributed by atoms with van der Waals surface area (Å²) in [5.41, 5.74) is 1.24. The Bertz CT molecular complexity index is 1010. The Morgan fingerprint density at radius 2 is 1.93 bits per heavy atom. The fraction of sp³-hybridized carbons (Fsp3) is 0.350. The Morgan fingerprint density at radius 1 is 1.14 bits per heavy atom. The molecule has 0 saturated carbocycles. The highest BCUT2D eigenvalue weighted by Gasteiger charge is 2.34. The summed E-state index contributed by atoms with van der Waals surface area (Å²) in [5, 5.41) is 11.6. The van der Waals surface area contributed by atoms with Crippen LogP contribution in [0.3, 0.4) is 0 Å². The number of carbonyl (C=O) groups excluding carboxylic acids is 1. The first-order chi connectivity index (χ1) is 13.7. The lowest BCUT2D eigenvalue weighted by Gasteiger charge is -2.39. The number of nitrogens with zero attached hydrogens (tertiary/aromatic N) is 3. The Hall–Kier alpha value is -2.84. The van der Waals surface area contributed by atoms with Crippen molar-refractivity contribution in [2.45, 2.75) is 31.0 Å². The number of esters is 1. The predicted molar refractivity (Wildman–Crippen MR) is 98.8 cm³/mol. The van der Waals surface area contributed by atoms with Gasteiger partial charge in [-0.2, -0.15) is 4.39 Å². The van der Waals surface area contributed by atoms with E-state index in [9.17, 15) is 9.18 Å². The number of ether oxygens (including phenoxy) is 2. The molecule has 28 heavy (non-hydrogen) atoms. The van der Waals surface area contributed by atoms with Crippen molar-refractivity contribution in [2.75, 3.05) is 13.2 Å². The molecule has 2 aliphatic rings. The lowest BCUT2D eigenvalue weighted by atomic mass is 9.94. The Morgan fingerprint density at radius 3 is 2.68 bits per heavy atom. The molecule has 0 radical (unpaired) electrons. The number of rotatable bonds is 3. The molecule has 0 amide bonds. The molecule has 2 saturated heterocycles. The molecule has 3 aromatic rings. The molecule has 5 rings (SSSR count). The molecule has 1 N–H and O–H groups in total. The third-order valence-electron chi connectivity index (χ3n) is 5.27. The van der Waals surface area contributed by atoms with Gasteiger partial charge in [0.05, 0.1) is 24.3 Å². The SMILES string of the molecule is O=C(OC1CC2COCC(C1)N2)c1cn(-c2ccc(F)nn2)c2ccccc12. The minimum atomic E-state index is -0.653. The van der Waals surface area contributed by atoms with Gasteiger partial charge in [0.1, 0.15) is 6.10 Å². The van der Waals surface area contributed by atoms with E-state index in [-0.39, 0.29) is 24.2 Å². The van der Waals surface area contributed by atoms with Crippen molar-refractivity contribution in [3.05, 3.63) is 54.1 Å². The smallest absolute Gasteiger partial charge is 0.340 e. The van der Waals surface area contributed by atoms with E-state index in [1.807, 2.05) is 24.3 Å². The maximum Gasteiger partial charge on any atom is 0.340 e. The molecule has 2 atom stereocenters. The number of para-hydroxylation sites is 1. The zero-order valence-electron chi connectivity index (χ0n) is 15.0. The van der Waals surface area contributed by atoms with Crippen LogP contribution in [0.2, 0.25) is 0 Å². The second-order valence-corrected chi connectivity index (χ2v) is 7.24. The maximum atomic E-state index is 13.1. The van der Waals surface area contributed by atoms with Crippen LogP contribution < -0.4 is 5.32 Å². The van der Waals surface area contributed by atoms with Gasteiger partial charge in [-0.1, -0.05) is 18.2 Å². The number of hydrogen-bond donors (Lipinski definition) is 1. The number of fused-ring (bicyclic) bond motifs is 3. The lowest BCUT2D eigenvalue weighted by Crippen LogP contribution is -2.56. The molecule has 1 aromatic carbocycles. The number of hydrogen-bond acceptors (Lipinski definition) is 6. The maximum absolute atomic E-state index is 13.1. The van der Waals surface area contributed by atoms with Gasteiger partial charge in [-0.15, -0.1) is 10.2 Å². The first-order valence-electron chi connectivity index (χ1n) is 9.32. The molecule has 4 heterocycles. The van der Waals surface area contributed by atoms with Gasteiger partial charge in [-0.05, 0) is 18.2 Å². The summed E-state index contributed by atoms with van der Waals surface area (Å²) in [5.74, 6) is -0.582. The van der Waals surface area contributed by atoms with Crippen LogP contribution in [0.15, 0.2) is 42.6 Å². The zero-order chi connectivity index (χ0) is 19.1. The molecule has 7 nitrogen and oxygen atoms in total. The van der Waals surface area contributed by atoms with Crippen LogP contribution in [0.5, 0.6) is 0 Å². The third-order valence-corrected chi connectivity index (χ3v) is 5.27. The van der Waals surface area contributed by atoms with Gasteiger partial charge in [0.15, 0.2) is 5.82 Å². The van der Waals surface area contributed by atoms with Gasteiger partial charge in [0, 0.05) is 36.5 Å². The Kier molecular flexibility index (Phi) is 4.29. The molecule has 144 valence electrons. The first kappa shape index (κ1) is 17.3. The fourth-order valence-corrected chi connectivity index (χ4v) is 4.07. The largest absolute Gasteiger partial charge is 0.459 e. The van der Waals surface area contributed by atoms with E-state index in [4.69, 9.17) is 9.47 Å². The normalized spacial score (nSPS) is 24.2. The monoisotopic (exact) mass is 382 g/mol. The molecule has 0 spiro atoms. The van der Waals surface area contributed by atoms with Crippen LogP contribution >= 0.6 is 0 Å². The lowest BCUT2D eigenvalue weighted by molar-refractivity contribution is -0.0339. The molecule has 2 unspecified atom stereocenters. The van der Waals surface area contributed by atoms with Gasteiger partial charge in [-0.3, -0.25) is 4.57 Å². The molecular weight excluding hydrogens is 363 g/mol. The van der Waals surface area contributed by atoms with E-state index in [1.54, 1.807) is 10.8 Å². The van der Waals surface area contributed by atoms with Crippen LogP contribution in [0.4, 0.5) is 4.39 Å². The average molecular weight is 382 g/mol. The minimum Gasteiger partial charge on any atom is -0.459 e. The van der Waals surface area contributed by atoms with E-state index in [0.717, 1.165) is 23.7 Å². The van der Waals surface area contributed by atoms with Crippen molar-refractivity contribution in [1.82, 2.24) is 20.1 Å². The molecular formula is C20H19FN4O3. The standard InChI is InChI=1S/C20H19FN4O3/c21-18-5-6-19(24-23-18)25-9-16(15-3-1-2-4-17(15)25)20(26)28-14-7-12-10-27-11-13(8-14)22-12/h1-6,9,12-14,22H,7-8,10-11H2. The zero-order valence-corrected chi connectivity index (χ0v) is 15.0. The van der Waals surface area contributed by atoms with Crippen molar-refractivity contribution in [2.24, 2.45) is 0 Å². The molecule has 2 aliphatic heterocycles. The third kappa shape index (κ3) is 3.14. The van der Waals surface area contributed by atoms with Gasteiger partial charge in [0.25, 0.3) is 0 Å². The van der Waals surface area contributed by atoms with Gasteiger partial charge >= 0.3 is 5.97 Å². The van der Waals surface area contributed by atoms with Crippen LogP contribution in [-0.4, -0.2) is 52.1 Å². The number of halogens is 1. The molecule has 2 fully saturated rings. The predicted octanol–water partition coefficient (Wildman–Crippen LogP) is 2.24. The van der Waals surface area contributed by atoms with Crippen LogP contribution in [0.25, 0.3) is 16.7 Å². The number of piperidine rings is 1. The van der Waals surface area contributed by atoms with Crippen LogP contribution in [0, 0.1) is 5.95 Å². The van der Waals surface area contributed by atoms with Crippen molar-refractivity contribution >= 4 is 16.9 Å². The number of aromatic nitrogens is 3. The van der Waals surface area contributed by atoms with E-state index in [1.165, 1.54) is 12.1 Å². The highest BCUT2D eigenvalue weighted by atomic mass is 19.1. The molecule has 8 heteroatoms. The summed E-state index contributed by atoms with van der Waals surface area (Å²) in [6.07, 6.45) is 3.02. The van der Waals surface area contributed by atoms with Crippen LogP contribution in [-0.2, 0) is 9.47 Å². The number of benzene rings is 1. The van der Waals surface area contributed by atoms with E-state index >= 15 is 0 Å². The van der Waals surface area contributed by atoms with E-state index in [2.05, 4.69) is 15.5 Å². The summed E-state index contributed by atoms with van der Waals surface area (Å²) < 4.78 is 26.3. The van der Waals surface area contributed by atoms with Gasteiger partial charge in [0.2, 0.25) is 5.95 Å². The average Bonchev–Trinajstić information content (AvgIpc) is 3.08. The van der Waals surface area contributed by atoms with Gasteiger partial charge < -0.3 is 14.8 Å². The minimum absolute atomic E-state index is 0.139.